The van der Waals surface area contributed by atoms with Gasteiger partial charge in [0.05, 0.1) is 0 Å². The molecule has 1 saturated heterocycles. The molecule has 1 spiro atoms. The second-order valence-electron chi connectivity index (χ2n) is 12.2. The van der Waals surface area contributed by atoms with E-state index in [1.165, 1.54) is 0 Å². The van der Waals surface area contributed by atoms with Gasteiger partial charge >= 0.3 is 12.1 Å². The Labute approximate surface area is 235 Å². The Bertz CT molecular complexity index is 1310. The van der Waals surface area contributed by atoms with E-state index in [9.17, 15) is 19.2 Å². The van der Waals surface area contributed by atoms with Gasteiger partial charge in [0, 0.05) is 18.3 Å². The predicted molar refractivity (Wildman–Crippen MR) is 150 cm³/mol. The number of nitrogens with zero attached hydrogens (tertiary/aromatic N) is 2. The number of carbonyl (C=O) groups is 4. The van der Waals surface area contributed by atoms with E-state index in [1.807, 2.05) is 43.3 Å². The Hall–Kier alpha value is -3.88. The summed E-state index contributed by atoms with van der Waals surface area (Å²) in [5.74, 6) is -0.236. The predicted octanol–water partition coefficient (Wildman–Crippen LogP) is 4.94. The Morgan fingerprint density at radius 2 is 1.82 bits per heavy atom. The maximum atomic E-state index is 13.8. The number of nitrogens with one attached hydrogen (secondary N) is 2. The molecule has 2 aliphatic carbocycles. The van der Waals surface area contributed by atoms with Crippen LogP contribution in [-0.2, 0) is 32.8 Å². The van der Waals surface area contributed by atoms with Crippen molar-refractivity contribution in [2.24, 2.45) is 5.92 Å². The minimum atomic E-state index is -1.09. The van der Waals surface area contributed by atoms with Crippen LogP contribution in [0.1, 0.15) is 70.1 Å². The summed E-state index contributed by atoms with van der Waals surface area (Å²) < 4.78 is 5.31. The van der Waals surface area contributed by atoms with E-state index in [0.717, 1.165) is 40.9 Å². The van der Waals surface area contributed by atoms with Crippen molar-refractivity contribution in [3.63, 3.8) is 0 Å². The third-order valence-corrected chi connectivity index (χ3v) is 8.31. The van der Waals surface area contributed by atoms with Crippen molar-refractivity contribution < 1.29 is 23.9 Å². The standard InChI is InChI=1S/C31H38N4O5/c1-20(22-9-7-10-22)34(18-21-12-14-24(15-13-21)32-29(39)40-30(2,3)4)26(36)19-35-27(37)31(33-28(35)38)17-16-23-8-5-6-11-25(23)31/h5-6,8,11-15,20,22H,7,9-10,16-19H2,1-4H3,(H,32,39)(H,33,38)/t20-,31-/m0/s1. The lowest BCUT2D eigenvalue weighted by molar-refractivity contribution is -0.142. The van der Waals surface area contributed by atoms with Gasteiger partial charge in [0.25, 0.3) is 5.91 Å². The van der Waals surface area contributed by atoms with Gasteiger partial charge < -0.3 is 15.0 Å². The summed E-state index contributed by atoms with van der Waals surface area (Å²) in [4.78, 5) is 55.4. The first-order valence-corrected chi connectivity index (χ1v) is 14.1. The van der Waals surface area contributed by atoms with Crippen molar-refractivity contribution in [3.05, 3.63) is 65.2 Å². The molecule has 0 radical (unpaired) electrons. The SMILES string of the molecule is C[C@@H](C1CCC1)N(Cc1ccc(NC(=O)OC(C)(C)C)cc1)C(=O)CN1C(=O)N[C@]2(CCc3ccccc32)C1=O. The molecular formula is C31H38N4O5. The van der Waals surface area contributed by atoms with Crippen LogP contribution in [0.4, 0.5) is 15.3 Å². The maximum absolute atomic E-state index is 13.8. The first-order chi connectivity index (χ1) is 19.0. The molecule has 2 atom stereocenters. The number of anilines is 1. The third kappa shape index (κ3) is 5.42. The average molecular weight is 547 g/mol. The summed E-state index contributed by atoms with van der Waals surface area (Å²) in [6.45, 7) is 7.48. The molecule has 2 N–H and O–H groups in total. The summed E-state index contributed by atoms with van der Waals surface area (Å²) in [5.41, 5.74) is 1.65. The summed E-state index contributed by atoms with van der Waals surface area (Å²) in [7, 11) is 0. The zero-order valence-electron chi connectivity index (χ0n) is 23.7. The van der Waals surface area contributed by atoms with Gasteiger partial charge in [0.15, 0.2) is 0 Å². The number of ether oxygens (including phenoxy) is 1. The van der Waals surface area contributed by atoms with E-state index in [2.05, 4.69) is 10.6 Å². The zero-order chi connectivity index (χ0) is 28.7. The number of carbonyl (C=O) groups excluding carboxylic acids is 4. The molecule has 2 aromatic carbocycles. The van der Waals surface area contributed by atoms with E-state index in [4.69, 9.17) is 4.74 Å². The van der Waals surface area contributed by atoms with Crippen molar-refractivity contribution in [1.29, 1.82) is 0 Å². The van der Waals surface area contributed by atoms with Gasteiger partial charge in [-0.2, -0.15) is 0 Å². The summed E-state index contributed by atoms with van der Waals surface area (Å²) in [6, 6.07) is 14.4. The monoisotopic (exact) mass is 546 g/mol. The third-order valence-electron chi connectivity index (χ3n) is 8.31. The van der Waals surface area contributed by atoms with Crippen LogP contribution < -0.4 is 10.6 Å². The second-order valence-corrected chi connectivity index (χ2v) is 12.2. The Kier molecular flexibility index (Phi) is 7.33. The highest BCUT2D eigenvalue weighted by Crippen LogP contribution is 2.41. The first kappa shape index (κ1) is 27.7. The molecule has 2 aromatic rings. The van der Waals surface area contributed by atoms with E-state index >= 15 is 0 Å². The Morgan fingerprint density at radius 1 is 1.12 bits per heavy atom. The zero-order valence-corrected chi connectivity index (χ0v) is 23.7. The van der Waals surface area contributed by atoms with Crippen LogP contribution in [0.25, 0.3) is 0 Å². The molecule has 9 heteroatoms. The number of rotatable bonds is 7. The van der Waals surface area contributed by atoms with Crippen molar-refractivity contribution >= 4 is 29.6 Å². The fourth-order valence-corrected chi connectivity index (χ4v) is 5.91. The van der Waals surface area contributed by atoms with Crippen LogP contribution in [0.15, 0.2) is 48.5 Å². The topological polar surface area (TPSA) is 108 Å². The normalized spacial score (nSPS) is 21.1. The molecule has 5 rings (SSSR count). The molecule has 5 amide bonds. The first-order valence-electron chi connectivity index (χ1n) is 14.1. The number of aryl methyl sites for hydroxylation is 1. The number of urea groups is 1. The van der Waals surface area contributed by atoms with Crippen LogP contribution in [0.3, 0.4) is 0 Å². The molecule has 3 aliphatic rings. The quantitative estimate of drug-likeness (QED) is 0.478. The fraction of sp³-hybridized carbons (Fsp3) is 0.484. The van der Waals surface area contributed by atoms with Crippen LogP contribution >= 0.6 is 0 Å². The maximum Gasteiger partial charge on any atom is 0.412 e. The minimum Gasteiger partial charge on any atom is -0.444 e. The lowest BCUT2D eigenvalue weighted by Crippen LogP contribution is -2.49. The molecule has 0 aromatic heterocycles. The number of amides is 5. The summed E-state index contributed by atoms with van der Waals surface area (Å²) >= 11 is 0. The van der Waals surface area contributed by atoms with Gasteiger partial charge in [0.1, 0.15) is 17.7 Å². The molecule has 1 heterocycles. The van der Waals surface area contributed by atoms with Gasteiger partial charge in [-0.1, -0.05) is 42.8 Å². The van der Waals surface area contributed by atoms with Crippen molar-refractivity contribution in [2.75, 3.05) is 11.9 Å². The number of benzene rings is 2. The van der Waals surface area contributed by atoms with Crippen molar-refractivity contribution in [2.45, 2.75) is 83.5 Å². The van der Waals surface area contributed by atoms with Gasteiger partial charge in [0.2, 0.25) is 5.91 Å². The Balaban J connectivity index is 1.30. The van der Waals surface area contributed by atoms with E-state index in [0.29, 0.717) is 31.0 Å². The van der Waals surface area contributed by atoms with Gasteiger partial charge in [-0.15, -0.1) is 0 Å². The molecular weight excluding hydrogens is 508 g/mol. The molecule has 40 heavy (non-hydrogen) atoms. The van der Waals surface area contributed by atoms with Gasteiger partial charge in [-0.3, -0.25) is 19.8 Å². The molecule has 9 nitrogen and oxygen atoms in total. The van der Waals surface area contributed by atoms with Gasteiger partial charge in [-0.05, 0) is 88.1 Å². The van der Waals surface area contributed by atoms with Crippen LogP contribution in [0.5, 0.6) is 0 Å². The lowest BCUT2D eigenvalue weighted by atomic mass is 9.79. The molecule has 2 fully saturated rings. The largest absolute Gasteiger partial charge is 0.444 e. The highest BCUT2D eigenvalue weighted by molar-refractivity contribution is 6.10. The second kappa shape index (κ2) is 10.6. The molecule has 1 aliphatic heterocycles. The number of hydrogen-bond donors (Lipinski definition) is 2. The highest BCUT2D eigenvalue weighted by atomic mass is 16.6. The van der Waals surface area contributed by atoms with Crippen LogP contribution in [-0.4, -0.2) is 51.9 Å². The van der Waals surface area contributed by atoms with Crippen molar-refractivity contribution in [1.82, 2.24) is 15.1 Å². The summed E-state index contributed by atoms with van der Waals surface area (Å²) in [6.07, 6.45) is 3.89. The van der Waals surface area contributed by atoms with Crippen LogP contribution in [0.2, 0.25) is 0 Å². The number of fused-ring (bicyclic) bond motifs is 2. The highest BCUT2D eigenvalue weighted by Gasteiger charge is 2.55. The average Bonchev–Trinajstić information content (AvgIpc) is 3.34. The molecule has 0 unspecified atom stereocenters. The number of hydrogen-bond acceptors (Lipinski definition) is 5. The lowest BCUT2D eigenvalue weighted by Gasteiger charge is -2.39. The number of imide groups is 1. The summed E-state index contributed by atoms with van der Waals surface area (Å²) in [5, 5.41) is 5.63. The molecule has 1 saturated carbocycles. The minimum absolute atomic E-state index is 0.0391. The van der Waals surface area contributed by atoms with E-state index in [1.54, 1.807) is 37.8 Å². The molecule has 212 valence electrons. The van der Waals surface area contributed by atoms with E-state index < -0.39 is 23.3 Å². The molecule has 0 bridgehead atoms. The fourth-order valence-electron chi connectivity index (χ4n) is 5.91. The van der Waals surface area contributed by atoms with Crippen LogP contribution in [0, 0.1) is 5.92 Å². The van der Waals surface area contributed by atoms with Gasteiger partial charge in [-0.25, -0.2) is 9.59 Å². The van der Waals surface area contributed by atoms with Crippen molar-refractivity contribution in [3.8, 4) is 0 Å². The Morgan fingerprint density at radius 3 is 2.48 bits per heavy atom. The smallest absolute Gasteiger partial charge is 0.412 e. The van der Waals surface area contributed by atoms with E-state index in [-0.39, 0.29) is 24.4 Å².